The van der Waals surface area contributed by atoms with Crippen LogP contribution in [-0.4, -0.2) is 29.6 Å². The van der Waals surface area contributed by atoms with Crippen molar-refractivity contribution in [2.24, 2.45) is 0 Å². The minimum atomic E-state index is -0.535. The molecular weight excluding hydrogens is 445 g/mol. The van der Waals surface area contributed by atoms with Gasteiger partial charge in [0, 0.05) is 17.8 Å². The highest BCUT2D eigenvalue weighted by Crippen LogP contribution is 2.36. The number of nitrogens with zero attached hydrogens (tertiary/aromatic N) is 2. The van der Waals surface area contributed by atoms with E-state index in [4.69, 9.17) is 25.7 Å². The van der Waals surface area contributed by atoms with E-state index in [-0.39, 0.29) is 17.1 Å². The number of aromatic nitrogens is 1. The number of nitrogens with one attached hydrogen (secondary N) is 1. The lowest BCUT2D eigenvalue weighted by Gasteiger charge is -2.22. The summed E-state index contributed by atoms with van der Waals surface area (Å²) < 4.78 is 24.9. The molecule has 2 heterocycles. The highest BCUT2D eigenvalue weighted by molar-refractivity contribution is 6.31. The van der Waals surface area contributed by atoms with Crippen LogP contribution >= 0.6 is 11.6 Å². The largest absolute Gasteiger partial charge is 0.496 e. The topological polar surface area (TPSA) is 67.6 Å². The maximum atomic E-state index is 13.4. The number of para-hydroxylation sites is 1. The average molecular weight is 466 g/mol. The molecule has 0 saturated carbocycles. The Labute approximate surface area is 194 Å². The Balaban J connectivity index is 1.40. The number of hydrogen-bond acceptors (Lipinski definition) is 4. The molecule has 1 aliphatic rings. The summed E-state index contributed by atoms with van der Waals surface area (Å²) in [7, 11) is 1.64. The number of urea groups is 1. The molecule has 0 radical (unpaired) electrons. The maximum Gasteiger partial charge on any atom is 0.322 e. The number of rotatable bonds is 4. The van der Waals surface area contributed by atoms with Crippen molar-refractivity contribution < 1.29 is 18.3 Å². The van der Waals surface area contributed by atoms with Crippen molar-refractivity contribution in [1.82, 2.24) is 9.88 Å². The molecule has 1 N–H and O–H groups in total. The van der Waals surface area contributed by atoms with Gasteiger partial charge in [0.25, 0.3) is 0 Å². The molecule has 2 amide bonds. The molecule has 1 atom stereocenters. The second kappa shape index (κ2) is 8.75. The summed E-state index contributed by atoms with van der Waals surface area (Å²) in [5.74, 6) is 0.736. The lowest BCUT2D eigenvalue weighted by atomic mass is 10.0. The molecule has 3 aromatic carbocycles. The van der Waals surface area contributed by atoms with E-state index in [1.165, 1.54) is 18.2 Å². The number of hydrogen-bond donors (Lipinski definition) is 1. The zero-order valence-electron chi connectivity index (χ0n) is 17.8. The Hall–Kier alpha value is -3.58. The molecule has 5 rings (SSSR count). The summed E-state index contributed by atoms with van der Waals surface area (Å²) in [5.41, 5.74) is 3.73. The number of benzene rings is 3. The lowest BCUT2D eigenvalue weighted by Crippen LogP contribution is -2.34. The number of amides is 2. The van der Waals surface area contributed by atoms with E-state index in [1.807, 2.05) is 42.5 Å². The lowest BCUT2D eigenvalue weighted by molar-refractivity contribution is 0.199. The van der Waals surface area contributed by atoms with Gasteiger partial charge in [0.2, 0.25) is 5.89 Å². The van der Waals surface area contributed by atoms with Crippen molar-refractivity contribution in [3.63, 3.8) is 0 Å². The number of fused-ring (bicyclic) bond motifs is 1. The fraction of sp³-hybridized carbons (Fsp3) is 0.200. The zero-order valence-corrected chi connectivity index (χ0v) is 18.6. The van der Waals surface area contributed by atoms with Crippen molar-refractivity contribution in [3.8, 4) is 16.9 Å². The minimum absolute atomic E-state index is 0.0458. The van der Waals surface area contributed by atoms with Crippen molar-refractivity contribution in [1.29, 1.82) is 0 Å². The van der Waals surface area contributed by atoms with Gasteiger partial charge in [-0.15, -0.1) is 0 Å². The summed E-state index contributed by atoms with van der Waals surface area (Å²) in [6, 6.07) is 17.1. The van der Waals surface area contributed by atoms with Crippen molar-refractivity contribution in [3.05, 3.63) is 77.4 Å². The van der Waals surface area contributed by atoms with Crippen LogP contribution in [0.1, 0.15) is 24.8 Å². The average Bonchev–Trinajstić information content (AvgIpc) is 3.48. The van der Waals surface area contributed by atoms with Crippen LogP contribution in [0.2, 0.25) is 5.02 Å². The van der Waals surface area contributed by atoms with Crippen LogP contribution < -0.4 is 10.1 Å². The SMILES string of the molecule is COc1ccccc1-c1ccc2oc([C@H]3CCCN3C(=O)Nc3ccc(F)c(Cl)c3)nc2c1. The molecule has 33 heavy (non-hydrogen) atoms. The molecule has 4 aromatic rings. The van der Waals surface area contributed by atoms with Crippen molar-refractivity contribution >= 4 is 34.4 Å². The standard InChI is InChI=1S/C25H21ClFN3O3/c1-32-22-7-3-2-5-17(22)15-8-11-23-20(13-15)29-24(33-23)21-6-4-12-30(21)25(31)28-16-9-10-19(27)18(26)14-16/h2-3,5,7-11,13-14,21H,4,6,12H2,1H3,(H,28,31)/t21-/m1/s1. The van der Waals surface area contributed by atoms with Crippen molar-refractivity contribution in [2.45, 2.75) is 18.9 Å². The number of likely N-dealkylation sites (tertiary alicyclic amines) is 1. The summed E-state index contributed by atoms with van der Waals surface area (Å²) in [4.78, 5) is 19.3. The Morgan fingerprint density at radius 2 is 2.06 bits per heavy atom. The first-order valence-corrected chi connectivity index (χ1v) is 11.0. The molecule has 1 aliphatic heterocycles. The Morgan fingerprint density at radius 3 is 2.88 bits per heavy atom. The Bertz CT molecular complexity index is 1340. The van der Waals surface area contributed by atoms with Gasteiger partial charge in [-0.3, -0.25) is 0 Å². The van der Waals surface area contributed by atoms with Gasteiger partial charge in [-0.25, -0.2) is 14.2 Å². The van der Waals surface area contributed by atoms with Crippen LogP contribution in [0.4, 0.5) is 14.9 Å². The molecule has 1 aromatic heterocycles. The zero-order chi connectivity index (χ0) is 22.9. The van der Waals surface area contributed by atoms with Gasteiger partial charge in [0.15, 0.2) is 5.58 Å². The highest BCUT2D eigenvalue weighted by Gasteiger charge is 2.33. The van der Waals surface area contributed by atoms with Crippen molar-refractivity contribution in [2.75, 3.05) is 19.0 Å². The molecule has 0 unspecified atom stereocenters. The molecule has 8 heteroatoms. The van der Waals surface area contributed by atoms with Crippen LogP contribution in [0.25, 0.3) is 22.2 Å². The minimum Gasteiger partial charge on any atom is -0.496 e. The van der Waals surface area contributed by atoms with E-state index >= 15 is 0 Å². The highest BCUT2D eigenvalue weighted by atomic mass is 35.5. The molecule has 0 aliphatic carbocycles. The van der Waals surface area contributed by atoms with Gasteiger partial charge in [-0.05, 0) is 54.8 Å². The predicted molar refractivity (Wildman–Crippen MR) is 125 cm³/mol. The third-order valence-corrected chi connectivity index (χ3v) is 6.08. The third-order valence-electron chi connectivity index (χ3n) is 5.79. The van der Waals surface area contributed by atoms with Crippen LogP contribution in [0.5, 0.6) is 5.75 Å². The first kappa shape index (κ1) is 21.3. The summed E-state index contributed by atoms with van der Waals surface area (Å²) in [6.07, 6.45) is 1.57. The third kappa shape index (κ3) is 4.12. The van der Waals surface area contributed by atoms with Crippen LogP contribution in [0.15, 0.2) is 65.1 Å². The van der Waals surface area contributed by atoms with Crippen LogP contribution in [0.3, 0.4) is 0 Å². The van der Waals surface area contributed by atoms with Gasteiger partial charge in [-0.1, -0.05) is 35.9 Å². The first-order valence-electron chi connectivity index (χ1n) is 10.6. The molecule has 168 valence electrons. The van der Waals surface area contributed by atoms with Gasteiger partial charge in [0.05, 0.1) is 12.1 Å². The van der Waals surface area contributed by atoms with E-state index < -0.39 is 5.82 Å². The van der Waals surface area contributed by atoms with E-state index in [2.05, 4.69) is 5.32 Å². The normalized spacial score (nSPS) is 15.7. The van der Waals surface area contributed by atoms with Crippen LogP contribution in [0, 0.1) is 5.82 Å². The van der Waals surface area contributed by atoms with E-state index in [0.29, 0.717) is 29.2 Å². The summed E-state index contributed by atoms with van der Waals surface area (Å²) in [5, 5.41) is 2.74. The summed E-state index contributed by atoms with van der Waals surface area (Å²) in [6.45, 7) is 0.566. The predicted octanol–water partition coefficient (Wildman–Crippen LogP) is 6.66. The van der Waals surface area contributed by atoms with Gasteiger partial charge in [0.1, 0.15) is 23.1 Å². The summed E-state index contributed by atoms with van der Waals surface area (Å²) >= 11 is 5.83. The Kier molecular flexibility index (Phi) is 5.64. The molecule has 1 saturated heterocycles. The number of ether oxygens (including phenoxy) is 1. The number of oxazole rings is 1. The first-order chi connectivity index (χ1) is 16.0. The van der Waals surface area contributed by atoms with Gasteiger partial charge in [-0.2, -0.15) is 0 Å². The molecular formula is C25H21ClFN3O3. The Morgan fingerprint density at radius 1 is 1.21 bits per heavy atom. The maximum absolute atomic E-state index is 13.4. The number of carbonyl (C=O) groups excluding carboxylic acids is 1. The monoisotopic (exact) mass is 465 g/mol. The smallest absolute Gasteiger partial charge is 0.322 e. The number of anilines is 1. The molecule has 6 nitrogen and oxygen atoms in total. The second-order valence-electron chi connectivity index (χ2n) is 7.85. The fourth-order valence-corrected chi connectivity index (χ4v) is 4.35. The quantitative estimate of drug-likeness (QED) is 0.365. The molecule has 0 bridgehead atoms. The molecule has 0 spiro atoms. The number of carbonyl (C=O) groups is 1. The second-order valence-corrected chi connectivity index (χ2v) is 8.25. The van der Waals surface area contributed by atoms with Crippen LogP contribution in [-0.2, 0) is 0 Å². The molecule has 1 fully saturated rings. The van der Waals surface area contributed by atoms with Gasteiger partial charge < -0.3 is 19.4 Å². The number of halogens is 2. The van der Waals surface area contributed by atoms with Gasteiger partial charge >= 0.3 is 6.03 Å². The van der Waals surface area contributed by atoms with E-state index in [1.54, 1.807) is 12.0 Å². The van der Waals surface area contributed by atoms with E-state index in [9.17, 15) is 9.18 Å². The van der Waals surface area contributed by atoms with E-state index in [0.717, 1.165) is 29.7 Å². The number of methoxy groups -OCH3 is 1. The fourth-order valence-electron chi connectivity index (χ4n) is 4.17.